The van der Waals surface area contributed by atoms with Crippen LogP contribution in [-0.2, 0) is 18.9 Å². The summed E-state index contributed by atoms with van der Waals surface area (Å²) in [5.41, 5.74) is 0.354. The highest BCUT2D eigenvalue weighted by Gasteiger charge is 2.33. The molecular weight excluding hydrogens is 183 g/mol. The third-order valence-electron chi connectivity index (χ3n) is 2.18. The summed E-state index contributed by atoms with van der Waals surface area (Å²) in [5.74, 6) is 0. The van der Waals surface area contributed by atoms with Gasteiger partial charge in [-0.3, -0.25) is 0 Å². The monoisotopic (exact) mass is 198 g/mol. The number of ether oxygens (including phenoxy) is 4. The average Bonchev–Trinajstić information content (AvgIpc) is 2.17. The van der Waals surface area contributed by atoms with Gasteiger partial charge in [-0.25, -0.2) is 0 Å². The first-order valence-electron chi connectivity index (χ1n) is 4.41. The van der Waals surface area contributed by atoms with E-state index in [2.05, 4.69) is 0 Å². The molecule has 0 fully saturated rings. The van der Waals surface area contributed by atoms with E-state index in [9.17, 15) is 0 Å². The molecule has 78 valence electrons. The molecule has 1 aliphatic heterocycles. The third-order valence-corrected chi connectivity index (χ3v) is 2.18. The zero-order valence-corrected chi connectivity index (χ0v) is 8.73. The largest absolute Gasteiger partial charge is 0.501 e. The molecule has 0 amide bonds. The van der Waals surface area contributed by atoms with Crippen molar-refractivity contribution in [1.82, 2.24) is 0 Å². The van der Waals surface area contributed by atoms with Crippen LogP contribution in [0.5, 0.6) is 0 Å². The predicted molar refractivity (Wildman–Crippen MR) is 52.2 cm³/mol. The Hall–Kier alpha value is -0.515. The van der Waals surface area contributed by atoms with Gasteiger partial charge in [-0.15, -0.1) is 0 Å². The Bertz CT molecular complexity index is 207. The first-order chi connectivity index (χ1) is 6.72. The van der Waals surface area contributed by atoms with Gasteiger partial charge >= 0.3 is 0 Å². The number of rotatable bonds is 4. The second-order valence-corrected chi connectivity index (χ2v) is 3.08. The molecule has 0 saturated heterocycles. The number of hydrogen-bond donors (Lipinski definition) is 0. The lowest BCUT2D eigenvalue weighted by Gasteiger charge is -2.35. The van der Waals surface area contributed by atoms with Crippen molar-refractivity contribution in [2.45, 2.75) is 18.3 Å². The van der Waals surface area contributed by atoms with Crippen LogP contribution in [0.25, 0.3) is 0 Å². The normalized spacial score (nSPS) is 32.2. The summed E-state index contributed by atoms with van der Waals surface area (Å²) in [6, 6.07) is 0. The second kappa shape index (κ2) is 5.39. The maximum Gasteiger partial charge on any atom is 0.166 e. The summed E-state index contributed by atoms with van der Waals surface area (Å²) in [6.45, 7) is 0.424. The molecule has 5 heteroatoms. The van der Waals surface area contributed by atoms with E-state index in [1.54, 1.807) is 27.4 Å². The molecule has 0 aromatic rings. The second-order valence-electron chi connectivity index (χ2n) is 3.08. The van der Waals surface area contributed by atoms with Crippen molar-refractivity contribution >= 4 is 7.85 Å². The molecule has 0 saturated carbocycles. The van der Waals surface area contributed by atoms with Crippen LogP contribution in [0.15, 0.2) is 11.7 Å². The van der Waals surface area contributed by atoms with E-state index in [-0.39, 0.29) is 18.3 Å². The van der Waals surface area contributed by atoms with Gasteiger partial charge in [0.1, 0.15) is 18.3 Å². The highest BCUT2D eigenvalue weighted by Crippen LogP contribution is 2.20. The van der Waals surface area contributed by atoms with E-state index >= 15 is 0 Å². The lowest BCUT2D eigenvalue weighted by molar-refractivity contribution is -0.116. The van der Waals surface area contributed by atoms with Crippen LogP contribution in [0, 0.1) is 0 Å². The summed E-state index contributed by atoms with van der Waals surface area (Å²) in [6.07, 6.45) is 1.10. The Kier molecular flexibility index (Phi) is 4.45. The minimum Gasteiger partial charge on any atom is -0.501 e. The molecule has 0 aromatic heterocycles. The third kappa shape index (κ3) is 2.50. The maximum absolute atomic E-state index is 5.59. The number of methoxy groups -OCH3 is 3. The Balaban J connectivity index is 2.72. The highest BCUT2D eigenvalue weighted by atomic mass is 16.6. The molecule has 14 heavy (non-hydrogen) atoms. The zero-order chi connectivity index (χ0) is 10.6. The van der Waals surface area contributed by atoms with Gasteiger partial charge in [-0.05, 0) is 6.08 Å². The quantitative estimate of drug-likeness (QED) is 0.599. The molecule has 0 spiro atoms. The van der Waals surface area contributed by atoms with Gasteiger partial charge < -0.3 is 18.9 Å². The van der Waals surface area contributed by atoms with Crippen molar-refractivity contribution in [3.8, 4) is 0 Å². The fourth-order valence-electron chi connectivity index (χ4n) is 1.53. The Labute approximate surface area is 85.6 Å². The van der Waals surface area contributed by atoms with E-state index in [0.29, 0.717) is 12.3 Å². The molecule has 2 radical (unpaired) electrons. The smallest absolute Gasteiger partial charge is 0.166 e. The zero-order valence-electron chi connectivity index (χ0n) is 8.73. The van der Waals surface area contributed by atoms with Gasteiger partial charge in [0.15, 0.2) is 7.85 Å². The molecule has 3 atom stereocenters. The van der Waals surface area contributed by atoms with Crippen molar-refractivity contribution in [2.24, 2.45) is 0 Å². The SMILES string of the molecule is [B]C1=CC(OC)C(OC)C(COC)O1. The molecule has 0 bridgehead atoms. The molecule has 0 aromatic carbocycles. The van der Waals surface area contributed by atoms with Crippen LogP contribution in [0.3, 0.4) is 0 Å². The topological polar surface area (TPSA) is 36.9 Å². The standard InChI is InChI=1S/C9H15BO4/c1-11-5-7-9(13-3)6(12-2)4-8(10)14-7/h4,6-7,9H,5H2,1-3H3. The van der Waals surface area contributed by atoms with Crippen molar-refractivity contribution in [3.63, 3.8) is 0 Å². The van der Waals surface area contributed by atoms with Crippen molar-refractivity contribution in [2.75, 3.05) is 27.9 Å². The van der Waals surface area contributed by atoms with Crippen LogP contribution >= 0.6 is 0 Å². The summed E-state index contributed by atoms with van der Waals surface area (Å²) in [5, 5.41) is 0. The molecule has 0 N–H and O–H groups in total. The lowest BCUT2D eigenvalue weighted by atomic mass is 9.97. The van der Waals surface area contributed by atoms with Crippen LogP contribution in [0.2, 0.25) is 0 Å². The average molecular weight is 198 g/mol. The van der Waals surface area contributed by atoms with Crippen LogP contribution in [-0.4, -0.2) is 54.1 Å². The van der Waals surface area contributed by atoms with Gasteiger partial charge in [-0.2, -0.15) is 0 Å². The molecule has 4 nitrogen and oxygen atoms in total. The summed E-state index contributed by atoms with van der Waals surface area (Å²) < 4.78 is 20.9. The maximum atomic E-state index is 5.59. The molecule has 1 heterocycles. The molecule has 1 aliphatic rings. The molecule has 0 aliphatic carbocycles. The van der Waals surface area contributed by atoms with Crippen LogP contribution in [0.1, 0.15) is 0 Å². The van der Waals surface area contributed by atoms with E-state index in [0.717, 1.165) is 0 Å². The molecular formula is C9H15BO4. The summed E-state index contributed by atoms with van der Waals surface area (Å²) in [7, 11) is 10.4. The van der Waals surface area contributed by atoms with E-state index in [1.165, 1.54) is 0 Å². The van der Waals surface area contributed by atoms with Gasteiger partial charge in [-0.1, -0.05) is 0 Å². The fourth-order valence-corrected chi connectivity index (χ4v) is 1.53. The van der Waals surface area contributed by atoms with E-state index in [4.69, 9.17) is 26.8 Å². The highest BCUT2D eigenvalue weighted by molar-refractivity contribution is 6.20. The van der Waals surface area contributed by atoms with Crippen LogP contribution < -0.4 is 0 Å². The Morgan fingerprint density at radius 2 is 2.07 bits per heavy atom. The van der Waals surface area contributed by atoms with Gasteiger partial charge in [0.2, 0.25) is 0 Å². The molecule has 3 unspecified atom stereocenters. The Morgan fingerprint density at radius 1 is 1.36 bits per heavy atom. The predicted octanol–water partition coefficient (Wildman–Crippen LogP) is 0.0715. The van der Waals surface area contributed by atoms with E-state index in [1.807, 2.05) is 0 Å². The summed E-state index contributed by atoms with van der Waals surface area (Å²) in [4.78, 5) is 0. The van der Waals surface area contributed by atoms with Crippen LogP contribution in [0.4, 0.5) is 0 Å². The van der Waals surface area contributed by atoms with Crippen molar-refractivity contribution < 1.29 is 18.9 Å². The van der Waals surface area contributed by atoms with Crippen molar-refractivity contribution in [3.05, 3.63) is 11.7 Å². The minimum atomic E-state index is -0.222. The minimum absolute atomic E-state index is 0.186. The number of hydrogen-bond acceptors (Lipinski definition) is 4. The van der Waals surface area contributed by atoms with Gasteiger partial charge in [0.25, 0.3) is 0 Å². The first-order valence-corrected chi connectivity index (χ1v) is 4.41. The molecule has 1 rings (SSSR count). The summed E-state index contributed by atoms with van der Waals surface area (Å²) >= 11 is 0. The van der Waals surface area contributed by atoms with E-state index < -0.39 is 0 Å². The van der Waals surface area contributed by atoms with Crippen molar-refractivity contribution in [1.29, 1.82) is 0 Å². The van der Waals surface area contributed by atoms with Gasteiger partial charge in [0, 0.05) is 27.0 Å². The Morgan fingerprint density at radius 3 is 2.57 bits per heavy atom. The van der Waals surface area contributed by atoms with Gasteiger partial charge in [0.05, 0.1) is 6.61 Å². The fraction of sp³-hybridized carbons (Fsp3) is 0.778. The first kappa shape index (κ1) is 11.6. The lowest BCUT2D eigenvalue weighted by Crippen LogP contribution is -2.46.